The van der Waals surface area contributed by atoms with Crippen LogP contribution in [0.5, 0.6) is 0 Å². The Bertz CT molecular complexity index is 1350. The summed E-state index contributed by atoms with van der Waals surface area (Å²) in [4.78, 5) is 20.5. The van der Waals surface area contributed by atoms with Gasteiger partial charge in [-0.3, -0.25) is 9.69 Å². The van der Waals surface area contributed by atoms with Crippen LogP contribution in [0.1, 0.15) is 44.9 Å². The lowest BCUT2D eigenvalue weighted by atomic mass is 10.1. The molecule has 0 aliphatic carbocycles. The van der Waals surface area contributed by atoms with Crippen LogP contribution in [-0.2, 0) is 6.54 Å². The van der Waals surface area contributed by atoms with E-state index in [4.69, 9.17) is 10.1 Å². The number of benzene rings is 2. The molecule has 0 saturated carbocycles. The number of hydrogen-bond acceptors (Lipinski definition) is 4. The molecule has 1 unspecified atom stereocenters. The number of hydrogen-bond donors (Lipinski definition) is 1. The van der Waals surface area contributed by atoms with Gasteiger partial charge in [0.15, 0.2) is 5.65 Å². The summed E-state index contributed by atoms with van der Waals surface area (Å²) >= 11 is 0. The van der Waals surface area contributed by atoms with Crippen molar-refractivity contribution in [3.05, 3.63) is 88.2 Å². The van der Waals surface area contributed by atoms with E-state index in [-0.39, 0.29) is 5.91 Å². The van der Waals surface area contributed by atoms with Gasteiger partial charge in [0.05, 0.1) is 22.3 Å². The standard InChI is InChI=1S/C29H33N5O/c1-19-5-9-23(10-6-19)17-33-14-13-24(18-33)16-30-29(35)26-15-21(3)31-28-27(26)22(4)32-34(28)25-11-7-20(2)8-12-25/h5-12,15,24H,13-14,16-18H2,1-4H3,(H,30,35). The number of amides is 1. The molecule has 5 rings (SSSR count). The van der Waals surface area contributed by atoms with Crippen LogP contribution in [0.2, 0.25) is 0 Å². The molecule has 1 atom stereocenters. The molecule has 2 aromatic carbocycles. The molecule has 180 valence electrons. The van der Waals surface area contributed by atoms with Crippen molar-refractivity contribution < 1.29 is 4.79 Å². The van der Waals surface area contributed by atoms with E-state index < -0.39 is 0 Å². The normalized spacial score (nSPS) is 16.2. The second kappa shape index (κ2) is 9.62. The van der Waals surface area contributed by atoms with Crippen LogP contribution in [0.3, 0.4) is 0 Å². The monoisotopic (exact) mass is 467 g/mol. The zero-order valence-electron chi connectivity index (χ0n) is 21.0. The number of aromatic nitrogens is 3. The van der Waals surface area contributed by atoms with Crippen LogP contribution in [0.4, 0.5) is 0 Å². The first-order valence-corrected chi connectivity index (χ1v) is 12.4. The van der Waals surface area contributed by atoms with Gasteiger partial charge in [0.1, 0.15) is 0 Å². The van der Waals surface area contributed by atoms with Gasteiger partial charge in [0.2, 0.25) is 0 Å². The minimum absolute atomic E-state index is 0.0518. The van der Waals surface area contributed by atoms with Gasteiger partial charge in [0, 0.05) is 25.3 Å². The van der Waals surface area contributed by atoms with E-state index in [1.165, 1.54) is 16.7 Å². The predicted octanol–water partition coefficient (Wildman–Crippen LogP) is 4.91. The Morgan fingerprint density at radius 2 is 1.69 bits per heavy atom. The SMILES string of the molecule is Cc1ccc(CN2CCC(CNC(=O)c3cc(C)nc4c3c(C)nn4-c3ccc(C)cc3)C2)cc1. The Balaban J connectivity index is 1.29. The Kier molecular flexibility index (Phi) is 6.39. The molecule has 3 heterocycles. The minimum atomic E-state index is -0.0518. The Morgan fingerprint density at radius 1 is 1.00 bits per heavy atom. The van der Waals surface area contributed by atoms with Gasteiger partial charge in [-0.1, -0.05) is 47.5 Å². The lowest BCUT2D eigenvalue weighted by molar-refractivity contribution is 0.0948. The number of nitrogens with zero attached hydrogens (tertiary/aromatic N) is 4. The highest BCUT2D eigenvalue weighted by molar-refractivity contribution is 6.06. The highest BCUT2D eigenvalue weighted by atomic mass is 16.1. The molecular weight excluding hydrogens is 434 g/mol. The summed E-state index contributed by atoms with van der Waals surface area (Å²) in [5, 5.41) is 8.76. The first kappa shape index (κ1) is 23.2. The van der Waals surface area contributed by atoms with Crippen LogP contribution in [0, 0.1) is 33.6 Å². The molecule has 1 aliphatic rings. The molecule has 4 aromatic rings. The quantitative estimate of drug-likeness (QED) is 0.438. The number of aryl methyl sites for hydroxylation is 4. The summed E-state index contributed by atoms with van der Waals surface area (Å²) in [6, 6.07) is 18.8. The molecule has 35 heavy (non-hydrogen) atoms. The van der Waals surface area contributed by atoms with Crippen molar-refractivity contribution in [3.8, 4) is 5.69 Å². The van der Waals surface area contributed by atoms with E-state index in [1.54, 1.807) is 0 Å². The lowest BCUT2D eigenvalue weighted by Gasteiger charge is -2.17. The molecule has 0 radical (unpaired) electrons. The van der Waals surface area contributed by atoms with Gasteiger partial charge in [-0.05, 0) is 70.3 Å². The zero-order chi connectivity index (χ0) is 24.5. The topological polar surface area (TPSA) is 63.1 Å². The molecule has 0 bridgehead atoms. The first-order chi connectivity index (χ1) is 16.9. The summed E-state index contributed by atoms with van der Waals surface area (Å²) in [6.07, 6.45) is 1.10. The third-order valence-electron chi connectivity index (χ3n) is 6.91. The van der Waals surface area contributed by atoms with Crippen molar-refractivity contribution >= 4 is 16.9 Å². The smallest absolute Gasteiger partial charge is 0.252 e. The van der Waals surface area contributed by atoms with Crippen LogP contribution in [0.25, 0.3) is 16.7 Å². The molecule has 2 aromatic heterocycles. The van der Waals surface area contributed by atoms with E-state index in [2.05, 4.69) is 60.5 Å². The van der Waals surface area contributed by atoms with Crippen molar-refractivity contribution in [1.29, 1.82) is 0 Å². The Labute approximate surface area is 207 Å². The highest BCUT2D eigenvalue weighted by Crippen LogP contribution is 2.25. The summed E-state index contributed by atoms with van der Waals surface area (Å²) in [5.74, 6) is 0.406. The summed E-state index contributed by atoms with van der Waals surface area (Å²) in [5.41, 5.74) is 7.75. The molecule has 1 aliphatic heterocycles. The second-order valence-corrected chi connectivity index (χ2v) is 9.93. The van der Waals surface area contributed by atoms with E-state index >= 15 is 0 Å². The predicted molar refractivity (Wildman–Crippen MR) is 140 cm³/mol. The maximum absolute atomic E-state index is 13.3. The summed E-state index contributed by atoms with van der Waals surface area (Å²) in [6.45, 7) is 11.8. The van der Waals surface area contributed by atoms with Gasteiger partial charge in [0.25, 0.3) is 5.91 Å². The van der Waals surface area contributed by atoms with Gasteiger partial charge in [-0.25, -0.2) is 9.67 Å². The van der Waals surface area contributed by atoms with E-state index in [1.807, 2.05) is 36.7 Å². The third-order valence-corrected chi connectivity index (χ3v) is 6.91. The summed E-state index contributed by atoms with van der Waals surface area (Å²) in [7, 11) is 0. The number of fused-ring (bicyclic) bond motifs is 1. The molecular formula is C29H33N5O. The molecule has 6 nitrogen and oxygen atoms in total. The molecule has 0 spiro atoms. The average molecular weight is 468 g/mol. The van der Waals surface area contributed by atoms with Crippen molar-refractivity contribution in [2.75, 3.05) is 19.6 Å². The largest absolute Gasteiger partial charge is 0.352 e. The number of nitrogens with one attached hydrogen (secondary N) is 1. The number of likely N-dealkylation sites (tertiary alicyclic amines) is 1. The fraction of sp³-hybridized carbons (Fsp3) is 0.345. The third kappa shape index (κ3) is 4.98. The highest BCUT2D eigenvalue weighted by Gasteiger charge is 2.24. The van der Waals surface area contributed by atoms with E-state index in [0.29, 0.717) is 18.0 Å². The maximum atomic E-state index is 13.3. The second-order valence-electron chi connectivity index (χ2n) is 9.93. The molecule has 1 N–H and O–H groups in total. The van der Waals surface area contributed by atoms with Crippen LogP contribution < -0.4 is 5.32 Å². The molecule has 1 saturated heterocycles. The van der Waals surface area contributed by atoms with Gasteiger partial charge >= 0.3 is 0 Å². The average Bonchev–Trinajstić information content (AvgIpc) is 3.43. The van der Waals surface area contributed by atoms with Crippen molar-refractivity contribution in [1.82, 2.24) is 25.0 Å². The lowest BCUT2D eigenvalue weighted by Crippen LogP contribution is -2.31. The van der Waals surface area contributed by atoms with Gasteiger partial charge in [-0.2, -0.15) is 5.10 Å². The van der Waals surface area contributed by atoms with E-state index in [0.717, 1.165) is 54.2 Å². The fourth-order valence-electron chi connectivity index (χ4n) is 4.97. The Morgan fingerprint density at radius 3 is 2.40 bits per heavy atom. The zero-order valence-corrected chi connectivity index (χ0v) is 21.0. The van der Waals surface area contributed by atoms with Crippen molar-refractivity contribution in [2.24, 2.45) is 5.92 Å². The van der Waals surface area contributed by atoms with Crippen LogP contribution in [-0.4, -0.2) is 45.2 Å². The van der Waals surface area contributed by atoms with Crippen molar-refractivity contribution in [3.63, 3.8) is 0 Å². The number of rotatable bonds is 6. The fourth-order valence-corrected chi connectivity index (χ4v) is 4.97. The number of carbonyl (C=O) groups is 1. The van der Waals surface area contributed by atoms with E-state index in [9.17, 15) is 4.79 Å². The summed E-state index contributed by atoms with van der Waals surface area (Å²) < 4.78 is 1.84. The minimum Gasteiger partial charge on any atom is -0.352 e. The van der Waals surface area contributed by atoms with Gasteiger partial charge < -0.3 is 5.32 Å². The molecule has 1 fully saturated rings. The molecule has 1 amide bonds. The molecule has 6 heteroatoms. The van der Waals surface area contributed by atoms with Gasteiger partial charge in [-0.15, -0.1) is 0 Å². The van der Waals surface area contributed by atoms with Crippen LogP contribution >= 0.6 is 0 Å². The number of carbonyl (C=O) groups excluding carboxylic acids is 1. The van der Waals surface area contributed by atoms with Crippen LogP contribution in [0.15, 0.2) is 54.6 Å². The number of pyridine rings is 1. The van der Waals surface area contributed by atoms with Crippen molar-refractivity contribution in [2.45, 2.75) is 40.7 Å². The Hall–Kier alpha value is -3.51. The first-order valence-electron chi connectivity index (χ1n) is 12.4. The maximum Gasteiger partial charge on any atom is 0.252 e.